The van der Waals surface area contributed by atoms with Crippen LogP contribution in [0, 0.1) is 11.3 Å². The summed E-state index contributed by atoms with van der Waals surface area (Å²) in [6.45, 7) is 0.143. The molecule has 0 aliphatic carbocycles. The Morgan fingerprint density at radius 1 is 1.35 bits per heavy atom. The Kier molecular flexibility index (Phi) is 3.87. The molecule has 1 aromatic heterocycles. The van der Waals surface area contributed by atoms with E-state index in [1.165, 1.54) is 29.0 Å². The second-order valence-electron chi connectivity index (χ2n) is 4.11. The molecule has 0 bridgehead atoms. The van der Waals surface area contributed by atoms with Gasteiger partial charge in [0.15, 0.2) is 0 Å². The molecular formula is C14H9ClN2O3. The maximum atomic E-state index is 11.7. The Balaban J connectivity index is 2.40. The summed E-state index contributed by atoms with van der Waals surface area (Å²) in [7, 11) is 0. The van der Waals surface area contributed by atoms with Gasteiger partial charge in [-0.2, -0.15) is 5.26 Å². The van der Waals surface area contributed by atoms with E-state index in [2.05, 4.69) is 0 Å². The van der Waals surface area contributed by atoms with E-state index in [-0.39, 0.29) is 17.7 Å². The molecule has 1 heterocycles. The number of hydrogen-bond acceptors (Lipinski definition) is 3. The lowest BCUT2D eigenvalue weighted by atomic mass is 10.1. The predicted molar refractivity (Wildman–Crippen MR) is 72.9 cm³/mol. The van der Waals surface area contributed by atoms with Gasteiger partial charge in [0.2, 0.25) is 0 Å². The van der Waals surface area contributed by atoms with Gasteiger partial charge >= 0.3 is 5.97 Å². The molecule has 100 valence electrons. The van der Waals surface area contributed by atoms with E-state index < -0.39 is 5.97 Å². The highest BCUT2D eigenvalue weighted by Gasteiger charge is 2.08. The maximum Gasteiger partial charge on any atom is 0.337 e. The van der Waals surface area contributed by atoms with Gasteiger partial charge in [-0.1, -0.05) is 17.7 Å². The second kappa shape index (κ2) is 5.59. The fraction of sp³-hybridized carbons (Fsp3) is 0.0714. The number of carbonyl (C=O) groups is 1. The SMILES string of the molecule is N#Cc1ccc(Cn2cc(C(=O)O)ccc2=O)c(Cl)c1. The molecule has 0 radical (unpaired) electrons. The van der Waals surface area contributed by atoms with Crippen molar-refractivity contribution in [1.29, 1.82) is 5.26 Å². The monoisotopic (exact) mass is 288 g/mol. The van der Waals surface area contributed by atoms with Crippen LogP contribution in [0.4, 0.5) is 0 Å². The summed E-state index contributed by atoms with van der Waals surface area (Å²) in [5, 5.41) is 18.0. The highest BCUT2D eigenvalue weighted by molar-refractivity contribution is 6.31. The summed E-state index contributed by atoms with van der Waals surface area (Å²) in [6, 6.07) is 9.14. The van der Waals surface area contributed by atoms with Crippen LogP contribution in [0.1, 0.15) is 21.5 Å². The van der Waals surface area contributed by atoms with Crippen molar-refractivity contribution in [2.75, 3.05) is 0 Å². The van der Waals surface area contributed by atoms with Crippen LogP contribution in [0.25, 0.3) is 0 Å². The van der Waals surface area contributed by atoms with E-state index in [0.29, 0.717) is 16.1 Å². The van der Waals surface area contributed by atoms with Crippen molar-refractivity contribution in [2.24, 2.45) is 0 Å². The van der Waals surface area contributed by atoms with Crippen molar-refractivity contribution in [3.63, 3.8) is 0 Å². The van der Waals surface area contributed by atoms with Gasteiger partial charge in [-0.15, -0.1) is 0 Å². The summed E-state index contributed by atoms with van der Waals surface area (Å²) in [5.74, 6) is -1.11. The van der Waals surface area contributed by atoms with Gasteiger partial charge in [-0.3, -0.25) is 4.79 Å². The summed E-state index contributed by atoms with van der Waals surface area (Å²) in [4.78, 5) is 22.6. The summed E-state index contributed by atoms with van der Waals surface area (Å²) >= 11 is 6.03. The van der Waals surface area contributed by atoms with Gasteiger partial charge in [-0.05, 0) is 23.8 Å². The normalized spacial score (nSPS) is 10.0. The third-order valence-electron chi connectivity index (χ3n) is 2.75. The Morgan fingerprint density at radius 3 is 2.70 bits per heavy atom. The number of benzene rings is 1. The van der Waals surface area contributed by atoms with Crippen LogP contribution < -0.4 is 5.56 Å². The van der Waals surface area contributed by atoms with Gasteiger partial charge in [0.1, 0.15) is 0 Å². The average molecular weight is 289 g/mol. The zero-order valence-corrected chi connectivity index (χ0v) is 11.0. The minimum Gasteiger partial charge on any atom is -0.478 e. The Labute approximate surface area is 119 Å². The lowest BCUT2D eigenvalue weighted by Gasteiger charge is -2.08. The van der Waals surface area contributed by atoms with Gasteiger partial charge in [-0.25, -0.2) is 4.79 Å². The lowest BCUT2D eigenvalue weighted by Crippen LogP contribution is -2.20. The molecular weight excluding hydrogens is 280 g/mol. The smallest absolute Gasteiger partial charge is 0.337 e. The molecule has 6 heteroatoms. The van der Waals surface area contributed by atoms with Gasteiger partial charge in [0.25, 0.3) is 5.56 Å². The van der Waals surface area contributed by atoms with Crippen molar-refractivity contribution in [2.45, 2.75) is 6.54 Å². The first-order valence-corrected chi connectivity index (χ1v) is 6.01. The van der Waals surface area contributed by atoms with Crippen LogP contribution in [0.3, 0.4) is 0 Å². The van der Waals surface area contributed by atoms with E-state index in [1.54, 1.807) is 12.1 Å². The average Bonchev–Trinajstić information content (AvgIpc) is 2.42. The highest BCUT2D eigenvalue weighted by Crippen LogP contribution is 2.18. The quantitative estimate of drug-likeness (QED) is 0.937. The first-order chi connectivity index (χ1) is 9.51. The number of nitrogens with zero attached hydrogens (tertiary/aromatic N) is 2. The van der Waals surface area contributed by atoms with E-state index in [1.807, 2.05) is 6.07 Å². The summed E-state index contributed by atoms with van der Waals surface area (Å²) in [5.41, 5.74) is 0.755. The number of carboxylic acid groups (broad SMARTS) is 1. The number of hydrogen-bond donors (Lipinski definition) is 1. The van der Waals surface area contributed by atoms with Crippen LogP contribution >= 0.6 is 11.6 Å². The lowest BCUT2D eigenvalue weighted by molar-refractivity contribution is 0.0696. The second-order valence-corrected chi connectivity index (χ2v) is 4.51. The number of aromatic nitrogens is 1. The van der Waals surface area contributed by atoms with E-state index in [9.17, 15) is 9.59 Å². The minimum atomic E-state index is -1.11. The molecule has 20 heavy (non-hydrogen) atoms. The molecule has 1 aromatic carbocycles. The van der Waals surface area contributed by atoms with Crippen LogP contribution in [-0.4, -0.2) is 15.6 Å². The standard InChI is InChI=1S/C14H9ClN2O3/c15-12-5-9(6-16)1-2-10(12)7-17-8-11(14(19)20)3-4-13(17)18/h1-5,8H,7H2,(H,19,20). The molecule has 0 atom stereocenters. The Morgan fingerprint density at radius 2 is 2.10 bits per heavy atom. The van der Waals surface area contributed by atoms with Crippen LogP contribution in [0.5, 0.6) is 0 Å². The van der Waals surface area contributed by atoms with Crippen molar-refractivity contribution >= 4 is 17.6 Å². The predicted octanol–water partition coefficient (Wildman–Crippen LogP) is 2.12. The largest absolute Gasteiger partial charge is 0.478 e. The molecule has 0 unspecified atom stereocenters. The van der Waals surface area contributed by atoms with Gasteiger partial charge in [0.05, 0.1) is 23.7 Å². The summed E-state index contributed by atoms with van der Waals surface area (Å²) in [6.07, 6.45) is 1.26. The van der Waals surface area contributed by atoms with Crippen LogP contribution in [0.2, 0.25) is 5.02 Å². The van der Waals surface area contributed by atoms with Crippen molar-refractivity contribution in [1.82, 2.24) is 4.57 Å². The maximum absolute atomic E-state index is 11.7. The molecule has 2 rings (SSSR count). The van der Waals surface area contributed by atoms with Crippen LogP contribution in [-0.2, 0) is 6.54 Å². The molecule has 0 spiro atoms. The van der Waals surface area contributed by atoms with Gasteiger partial charge < -0.3 is 9.67 Å². The van der Waals surface area contributed by atoms with Crippen LogP contribution in [0.15, 0.2) is 41.3 Å². The molecule has 0 fully saturated rings. The summed E-state index contributed by atoms with van der Waals surface area (Å²) < 4.78 is 1.26. The van der Waals surface area contributed by atoms with Crippen molar-refractivity contribution in [3.8, 4) is 6.07 Å². The van der Waals surface area contributed by atoms with Gasteiger partial charge in [0, 0.05) is 17.3 Å². The van der Waals surface area contributed by atoms with Crippen molar-refractivity contribution in [3.05, 3.63) is 68.6 Å². The zero-order chi connectivity index (χ0) is 14.7. The molecule has 0 saturated carbocycles. The Bertz CT molecular complexity index is 775. The van der Waals surface area contributed by atoms with E-state index >= 15 is 0 Å². The molecule has 0 saturated heterocycles. The molecule has 2 aromatic rings. The zero-order valence-electron chi connectivity index (χ0n) is 10.2. The molecule has 0 aliphatic heterocycles. The topological polar surface area (TPSA) is 83.1 Å². The first-order valence-electron chi connectivity index (χ1n) is 5.63. The fourth-order valence-electron chi connectivity index (χ4n) is 1.71. The minimum absolute atomic E-state index is 0.0226. The first kappa shape index (κ1) is 13.8. The number of carboxylic acids is 1. The third-order valence-corrected chi connectivity index (χ3v) is 3.11. The number of aromatic carboxylic acids is 1. The van der Waals surface area contributed by atoms with E-state index in [0.717, 1.165) is 0 Å². The highest BCUT2D eigenvalue weighted by atomic mass is 35.5. The molecule has 5 nitrogen and oxygen atoms in total. The molecule has 0 aliphatic rings. The Hall–Kier alpha value is -2.58. The fourth-order valence-corrected chi connectivity index (χ4v) is 1.95. The third kappa shape index (κ3) is 2.87. The van der Waals surface area contributed by atoms with Crippen molar-refractivity contribution < 1.29 is 9.90 Å². The number of pyridine rings is 1. The number of rotatable bonds is 3. The molecule has 1 N–H and O–H groups in total. The number of nitriles is 1. The van der Waals surface area contributed by atoms with E-state index in [4.69, 9.17) is 22.0 Å². The molecule has 0 amide bonds. The number of halogens is 1.